The lowest BCUT2D eigenvalue weighted by molar-refractivity contribution is -0.136. The van der Waals surface area contributed by atoms with Crippen molar-refractivity contribution in [3.8, 4) is 0 Å². The number of Topliss-reactive ketones (excluding diaryl/α,β-unsaturated/α-hetero) is 1. The normalized spacial score (nSPS) is 10.6. The molecule has 0 aliphatic rings. The molecule has 0 amide bonds. The Bertz CT molecular complexity index is 723. The monoisotopic (exact) mass is 334 g/mol. The molecule has 0 radical (unpaired) electrons. The molecule has 2 rings (SSSR count). The summed E-state index contributed by atoms with van der Waals surface area (Å²) in [6, 6.07) is 10.2. The second-order valence-corrected chi connectivity index (χ2v) is 5.17. The minimum atomic E-state index is -1.05. The van der Waals surface area contributed by atoms with Crippen molar-refractivity contribution in [2.45, 2.75) is 26.1 Å². The van der Waals surface area contributed by atoms with Crippen LogP contribution in [0.5, 0.6) is 0 Å². The summed E-state index contributed by atoms with van der Waals surface area (Å²) < 4.78 is 32.4. The molecule has 0 heterocycles. The van der Waals surface area contributed by atoms with Crippen molar-refractivity contribution in [3.63, 3.8) is 0 Å². The highest BCUT2D eigenvalue weighted by Crippen LogP contribution is 2.17. The van der Waals surface area contributed by atoms with Gasteiger partial charge in [0.2, 0.25) is 0 Å². The van der Waals surface area contributed by atoms with Crippen molar-refractivity contribution >= 4 is 11.8 Å². The average Bonchev–Trinajstić information content (AvgIpc) is 2.55. The maximum absolute atomic E-state index is 13.5. The van der Waals surface area contributed by atoms with Crippen molar-refractivity contribution in [2.75, 3.05) is 0 Å². The number of ketones is 1. The zero-order valence-electron chi connectivity index (χ0n) is 12.8. The number of rotatable bonds is 8. The average molecular weight is 334 g/mol. The van der Waals surface area contributed by atoms with Crippen LogP contribution in [0, 0.1) is 11.6 Å². The van der Waals surface area contributed by atoms with Gasteiger partial charge in [-0.15, -0.1) is 0 Å². The molecule has 0 aliphatic carbocycles. The topological polar surface area (TPSA) is 63.6 Å². The molecule has 24 heavy (non-hydrogen) atoms. The third-order valence-electron chi connectivity index (χ3n) is 3.45. The van der Waals surface area contributed by atoms with E-state index in [-0.39, 0.29) is 37.4 Å². The molecule has 0 bridgehead atoms. The van der Waals surface area contributed by atoms with Crippen molar-refractivity contribution < 1.29 is 28.2 Å². The molecule has 0 saturated heterocycles. The van der Waals surface area contributed by atoms with E-state index in [1.54, 1.807) is 24.3 Å². The number of benzene rings is 2. The number of aliphatic carboxylic acids is 1. The zero-order chi connectivity index (χ0) is 17.5. The highest BCUT2D eigenvalue weighted by atomic mass is 19.1. The van der Waals surface area contributed by atoms with Crippen LogP contribution in [0.4, 0.5) is 8.78 Å². The first-order valence-electron chi connectivity index (χ1n) is 7.32. The summed E-state index contributed by atoms with van der Waals surface area (Å²) in [6.07, 6.45) is -0.372. The Kier molecular flexibility index (Phi) is 6.14. The fraction of sp³-hybridized carbons (Fsp3) is 0.222. The molecule has 0 spiro atoms. The van der Waals surface area contributed by atoms with Crippen molar-refractivity contribution in [3.05, 3.63) is 70.8 Å². The number of ether oxygens (including phenoxy) is 1. The van der Waals surface area contributed by atoms with E-state index >= 15 is 0 Å². The van der Waals surface area contributed by atoms with Gasteiger partial charge in [0.05, 0.1) is 19.6 Å². The quantitative estimate of drug-likeness (QED) is 0.747. The SMILES string of the molecule is O=C(O)CCC(=O)c1ccccc1COCc1c(F)cccc1F. The summed E-state index contributed by atoms with van der Waals surface area (Å²) in [5.41, 5.74) is 0.726. The van der Waals surface area contributed by atoms with Crippen LogP contribution in [0.25, 0.3) is 0 Å². The van der Waals surface area contributed by atoms with Gasteiger partial charge in [0.15, 0.2) is 5.78 Å². The number of halogens is 2. The van der Waals surface area contributed by atoms with Crippen LogP contribution in [0.3, 0.4) is 0 Å². The summed E-state index contributed by atoms with van der Waals surface area (Å²) in [4.78, 5) is 22.6. The van der Waals surface area contributed by atoms with E-state index in [1.807, 2.05) is 0 Å². The first-order valence-corrected chi connectivity index (χ1v) is 7.32. The zero-order valence-corrected chi connectivity index (χ0v) is 12.8. The van der Waals surface area contributed by atoms with E-state index in [4.69, 9.17) is 9.84 Å². The van der Waals surface area contributed by atoms with Gasteiger partial charge in [-0.25, -0.2) is 8.78 Å². The van der Waals surface area contributed by atoms with Gasteiger partial charge >= 0.3 is 5.97 Å². The van der Waals surface area contributed by atoms with Crippen molar-refractivity contribution in [1.82, 2.24) is 0 Å². The van der Waals surface area contributed by atoms with E-state index < -0.39 is 17.6 Å². The van der Waals surface area contributed by atoms with Crippen LogP contribution in [-0.2, 0) is 22.7 Å². The molecule has 0 unspecified atom stereocenters. The summed E-state index contributed by atoms with van der Waals surface area (Å²) in [5.74, 6) is -2.75. The molecule has 0 atom stereocenters. The van der Waals surface area contributed by atoms with Gasteiger partial charge in [-0.3, -0.25) is 9.59 Å². The summed E-state index contributed by atoms with van der Waals surface area (Å²) in [5, 5.41) is 8.65. The second kappa shape index (κ2) is 8.31. The van der Waals surface area contributed by atoms with Crippen LogP contribution >= 0.6 is 0 Å². The third kappa shape index (κ3) is 4.70. The van der Waals surface area contributed by atoms with Crippen LogP contribution in [-0.4, -0.2) is 16.9 Å². The van der Waals surface area contributed by atoms with E-state index in [1.165, 1.54) is 6.07 Å². The Hall–Kier alpha value is -2.60. The minimum absolute atomic E-state index is 0.0112. The Morgan fingerprint density at radius 3 is 2.25 bits per heavy atom. The highest BCUT2D eigenvalue weighted by molar-refractivity contribution is 5.98. The molecule has 0 saturated carbocycles. The van der Waals surface area contributed by atoms with Crippen LogP contribution in [0.1, 0.15) is 34.3 Å². The van der Waals surface area contributed by atoms with Gasteiger partial charge < -0.3 is 9.84 Å². The molecule has 4 nitrogen and oxygen atoms in total. The predicted molar refractivity (Wildman–Crippen MR) is 82.5 cm³/mol. The maximum Gasteiger partial charge on any atom is 0.303 e. The van der Waals surface area contributed by atoms with Gasteiger partial charge in [0, 0.05) is 17.5 Å². The minimum Gasteiger partial charge on any atom is -0.481 e. The molecule has 2 aromatic carbocycles. The summed E-state index contributed by atoms with van der Waals surface area (Å²) in [6.45, 7) is -0.279. The fourth-order valence-electron chi connectivity index (χ4n) is 2.21. The van der Waals surface area contributed by atoms with Crippen LogP contribution < -0.4 is 0 Å². The van der Waals surface area contributed by atoms with Gasteiger partial charge in [-0.05, 0) is 17.7 Å². The van der Waals surface area contributed by atoms with Gasteiger partial charge in [0.25, 0.3) is 0 Å². The maximum atomic E-state index is 13.5. The molecule has 126 valence electrons. The molecule has 0 fully saturated rings. The molecular weight excluding hydrogens is 318 g/mol. The van der Waals surface area contributed by atoms with Gasteiger partial charge in [-0.1, -0.05) is 30.3 Å². The molecule has 0 aromatic heterocycles. The van der Waals surface area contributed by atoms with E-state index in [2.05, 4.69) is 0 Å². The number of carbonyl (C=O) groups excluding carboxylic acids is 1. The summed E-state index contributed by atoms with van der Waals surface area (Å²) >= 11 is 0. The summed E-state index contributed by atoms with van der Waals surface area (Å²) in [7, 11) is 0. The van der Waals surface area contributed by atoms with Crippen molar-refractivity contribution in [2.24, 2.45) is 0 Å². The first kappa shape index (κ1) is 17.7. The van der Waals surface area contributed by atoms with Gasteiger partial charge in [0.1, 0.15) is 11.6 Å². The second-order valence-electron chi connectivity index (χ2n) is 5.17. The van der Waals surface area contributed by atoms with Crippen LogP contribution in [0.2, 0.25) is 0 Å². The predicted octanol–water partition coefficient (Wildman–Crippen LogP) is 3.73. The molecule has 2 aromatic rings. The largest absolute Gasteiger partial charge is 0.481 e. The number of hydrogen-bond acceptors (Lipinski definition) is 3. The molecule has 0 aliphatic heterocycles. The fourth-order valence-corrected chi connectivity index (χ4v) is 2.21. The van der Waals surface area contributed by atoms with Crippen LogP contribution in [0.15, 0.2) is 42.5 Å². The van der Waals surface area contributed by atoms with Crippen molar-refractivity contribution in [1.29, 1.82) is 0 Å². The van der Waals surface area contributed by atoms with E-state index in [9.17, 15) is 18.4 Å². The lowest BCUT2D eigenvalue weighted by Gasteiger charge is -2.10. The van der Waals surface area contributed by atoms with Gasteiger partial charge in [-0.2, -0.15) is 0 Å². The smallest absolute Gasteiger partial charge is 0.303 e. The lowest BCUT2D eigenvalue weighted by atomic mass is 10.0. The number of hydrogen-bond donors (Lipinski definition) is 1. The molecular formula is C18H16F2O4. The Morgan fingerprint density at radius 2 is 1.58 bits per heavy atom. The Labute approximate surface area is 137 Å². The Balaban J connectivity index is 2.03. The van der Waals surface area contributed by atoms with E-state index in [0.29, 0.717) is 11.1 Å². The Morgan fingerprint density at radius 1 is 0.917 bits per heavy atom. The number of carbonyl (C=O) groups is 2. The lowest BCUT2D eigenvalue weighted by Crippen LogP contribution is -2.08. The molecule has 1 N–H and O–H groups in total. The highest BCUT2D eigenvalue weighted by Gasteiger charge is 2.13. The third-order valence-corrected chi connectivity index (χ3v) is 3.45. The standard InChI is InChI=1S/C18H16F2O4/c19-15-6-3-7-16(20)14(15)11-24-10-12-4-1-2-5-13(12)17(21)8-9-18(22)23/h1-7H,8-11H2,(H,22,23). The first-order chi connectivity index (χ1) is 11.5. The molecule has 6 heteroatoms. The van der Waals surface area contributed by atoms with E-state index in [0.717, 1.165) is 12.1 Å². The number of carboxylic acids is 1. The number of carboxylic acid groups (broad SMARTS) is 1.